The Labute approximate surface area is 147 Å². The number of aromatic nitrogens is 2. The first kappa shape index (κ1) is 17.6. The van der Waals surface area contributed by atoms with Crippen molar-refractivity contribution in [1.82, 2.24) is 9.97 Å². The lowest BCUT2D eigenvalue weighted by Gasteiger charge is -2.33. The smallest absolute Gasteiger partial charge is 0.164 e. The van der Waals surface area contributed by atoms with Crippen LogP contribution in [0.5, 0.6) is 5.75 Å². The zero-order valence-corrected chi connectivity index (χ0v) is 15.2. The van der Waals surface area contributed by atoms with E-state index in [1.165, 1.54) is 0 Å². The van der Waals surface area contributed by atoms with Crippen molar-refractivity contribution >= 4 is 36.7 Å². The maximum absolute atomic E-state index is 9.08. The van der Waals surface area contributed by atoms with E-state index in [2.05, 4.69) is 14.9 Å². The number of nitrogens with zero attached hydrogens (tertiary/aromatic N) is 3. The molecule has 0 amide bonds. The second kappa shape index (κ2) is 7.79. The molecular weight excluding hydrogens is 349 g/mol. The Morgan fingerprint density at radius 2 is 2.04 bits per heavy atom. The van der Waals surface area contributed by atoms with Crippen LogP contribution in [0.15, 0.2) is 18.5 Å². The maximum atomic E-state index is 9.08. The number of fused-ring (bicyclic) bond motifs is 1. The SMILES string of the molecule is COc1cc(Cl)cc2c(N3CCC(CCP(O)O)CC3)ncnc12. The Bertz CT molecular complexity index is 708. The van der Waals surface area contributed by atoms with E-state index in [-0.39, 0.29) is 0 Å². The molecule has 0 saturated carbocycles. The van der Waals surface area contributed by atoms with Crippen LogP contribution in [0.4, 0.5) is 5.82 Å². The highest BCUT2D eigenvalue weighted by Gasteiger charge is 2.23. The van der Waals surface area contributed by atoms with Gasteiger partial charge in [0.1, 0.15) is 23.4 Å². The van der Waals surface area contributed by atoms with Gasteiger partial charge < -0.3 is 19.4 Å². The molecule has 1 fully saturated rings. The standard InChI is InChI=1S/C16H21ClN3O3P/c1-23-14-9-12(17)8-13-15(14)18-10-19-16(13)20-5-2-11(3-6-20)4-7-24(21)22/h8-11,21-22H,2-7H2,1H3. The van der Waals surface area contributed by atoms with Gasteiger partial charge in [-0.1, -0.05) is 11.6 Å². The molecule has 0 aliphatic carbocycles. The number of benzene rings is 1. The van der Waals surface area contributed by atoms with E-state index in [0.717, 1.165) is 49.1 Å². The average Bonchev–Trinajstić information content (AvgIpc) is 2.59. The van der Waals surface area contributed by atoms with Crippen LogP contribution >= 0.6 is 20.0 Å². The number of ether oxygens (including phenoxy) is 1. The van der Waals surface area contributed by atoms with Crippen LogP contribution in [0.3, 0.4) is 0 Å². The van der Waals surface area contributed by atoms with Gasteiger partial charge >= 0.3 is 0 Å². The fraction of sp³-hybridized carbons (Fsp3) is 0.500. The Morgan fingerprint density at radius 3 is 2.71 bits per heavy atom. The minimum absolute atomic E-state index is 0.503. The van der Waals surface area contributed by atoms with Crippen molar-refractivity contribution in [1.29, 1.82) is 0 Å². The summed E-state index contributed by atoms with van der Waals surface area (Å²) in [6.45, 7) is 1.78. The fourth-order valence-electron chi connectivity index (χ4n) is 3.23. The minimum Gasteiger partial charge on any atom is -0.494 e. The van der Waals surface area contributed by atoms with Gasteiger partial charge in [0.2, 0.25) is 0 Å². The van der Waals surface area contributed by atoms with Crippen molar-refractivity contribution in [2.45, 2.75) is 19.3 Å². The third kappa shape index (κ3) is 3.89. The molecule has 24 heavy (non-hydrogen) atoms. The normalized spacial score (nSPS) is 16.1. The molecule has 1 aromatic heterocycles. The molecule has 1 aromatic carbocycles. The number of piperidine rings is 1. The van der Waals surface area contributed by atoms with Gasteiger partial charge in [0.05, 0.1) is 7.11 Å². The largest absolute Gasteiger partial charge is 0.494 e. The topological polar surface area (TPSA) is 78.7 Å². The van der Waals surface area contributed by atoms with Gasteiger partial charge in [0.25, 0.3) is 0 Å². The van der Waals surface area contributed by atoms with E-state index < -0.39 is 8.38 Å². The summed E-state index contributed by atoms with van der Waals surface area (Å²) in [6.07, 6.45) is 4.98. The van der Waals surface area contributed by atoms with E-state index in [9.17, 15) is 0 Å². The minimum atomic E-state index is -1.78. The maximum Gasteiger partial charge on any atom is 0.164 e. The lowest BCUT2D eigenvalue weighted by Crippen LogP contribution is -2.34. The van der Waals surface area contributed by atoms with Crippen molar-refractivity contribution in [3.8, 4) is 5.75 Å². The molecule has 130 valence electrons. The molecule has 0 radical (unpaired) electrons. The van der Waals surface area contributed by atoms with E-state index in [4.69, 9.17) is 26.1 Å². The molecule has 0 atom stereocenters. The summed E-state index contributed by atoms with van der Waals surface area (Å²) in [5.74, 6) is 2.07. The second-order valence-electron chi connectivity index (χ2n) is 6.02. The molecule has 1 aliphatic rings. The number of halogens is 1. The van der Waals surface area contributed by atoms with Crippen molar-refractivity contribution < 1.29 is 14.5 Å². The van der Waals surface area contributed by atoms with E-state index in [0.29, 0.717) is 22.9 Å². The summed E-state index contributed by atoms with van der Waals surface area (Å²) in [5.41, 5.74) is 0.764. The zero-order chi connectivity index (χ0) is 17.1. The fourth-order valence-corrected chi connectivity index (χ4v) is 4.03. The summed E-state index contributed by atoms with van der Waals surface area (Å²) in [7, 11) is -0.169. The van der Waals surface area contributed by atoms with Crippen molar-refractivity contribution in [3.05, 3.63) is 23.5 Å². The zero-order valence-electron chi connectivity index (χ0n) is 13.5. The van der Waals surface area contributed by atoms with Gasteiger partial charge in [0, 0.05) is 35.7 Å². The van der Waals surface area contributed by atoms with Gasteiger partial charge in [-0.05, 0) is 31.2 Å². The van der Waals surface area contributed by atoms with Crippen LogP contribution in [-0.2, 0) is 0 Å². The van der Waals surface area contributed by atoms with Crippen LogP contribution in [0.2, 0.25) is 5.02 Å². The summed E-state index contributed by atoms with van der Waals surface area (Å²) in [5, 5.41) is 1.50. The molecule has 1 aliphatic heterocycles. The highest BCUT2D eigenvalue weighted by Crippen LogP contribution is 2.35. The van der Waals surface area contributed by atoms with Crippen molar-refractivity contribution in [2.24, 2.45) is 5.92 Å². The van der Waals surface area contributed by atoms with Crippen LogP contribution < -0.4 is 9.64 Å². The monoisotopic (exact) mass is 369 g/mol. The molecule has 1 saturated heterocycles. The molecule has 0 spiro atoms. The molecule has 8 heteroatoms. The van der Waals surface area contributed by atoms with Crippen LogP contribution in [0.1, 0.15) is 19.3 Å². The van der Waals surface area contributed by atoms with E-state index in [1.54, 1.807) is 19.5 Å². The highest BCUT2D eigenvalue weighted by atomic mass is 35.5. The van der Waals surface area contributed by atoms with Crippen LogP contribution in [-0.4, -0.2) is 46.1 Å². The molecule has 3 rings (SSSR count). The van der Waals surface area contributed by atoms with Crippen LogP contribution in [0, 0.1) is 5.92 Å². The third-order valence-electron chi connectivity index (χ3n) is 4.52. The summed E-state index contributed by atoms with van der Waals surface area (Å²) < 4.78 is 5.38. The van der Waals surface area contributed by atoms with Crippen LogP contribution in [0.25, 0.3) is 10.9 Å². The molecule has 2 N–H and O–H groups in total. The Kier molecular flexibility index (Phi) is 5.72. The second-order valence-corrected chi connectivity index (χ2v) is 7.64. The molecule has 0 unspecified atom stereocenters. The molecular formula is C16H21ClN3O3P. The first-order valence-corrected chi connectivity index (χ1v) is 9.78. The number of methoxy groups -OCH3 is 1. The molecule has 2 heterocycles. The Morgan fingerprint density at radius 1 is 1.29 bits per heavy atom. The Hall–Kier alpha value is -1.20. The number of hydrogen-bond acceptors (Lipinski definition) is 6. The number of anilines is 1. The summed E-state index contributed by atoms with van der Waals surface area (Å²) in [4.78, 5) is 29.2. The quantitative estimate of drug-likeness (QED) is 0.788. The Balaban J connectivity index is 1.80. The lowest BCUT2D eigenvalue weighted by molar-refractivity contribution is 0.386. The van der Waals surface area contributed by atoms with Crippen molar-refractivity contribution in [3.63, 3.8) is 0 Å². The predicted molar refractivity (Wildman–Crippen MR) is 96.9 cm³/mol. The van der Waals surface area contributed by atoms with E-state index >= 15 is 0 Å². The third-order valence-corrected chi connectivity index (χ3v) is 5.40. The summed E-state index contributed by atoms with van der Waals surface area (Å²) >= 11 is 6.21. The van der Waals surface area contributed by atoms with Gasteiger partial charge in [-0.3, -0.25) is 0 Å². The first-order valence-electron chi connectivity index (χ1n) is 7.97. The predicted octanol–water partition coefficient (Wildman–Crippen LogP) is 3.19. The summed E-state index contributed by atoms with van der Waals surface area (Å²) in [6, 6.07) is 3.64. The van der Waals surface area contributed by atoms with E-state index in [1.807, 2.05) is 6.07 Å². The molecule has 2 aromatic rings. The van der Waals surface area contributed by atoms with Gasteiger partial charge in [0.15, 0.2) is 8.38 Å². The van der Waals surface area contributed by atoms with Gasteiger partial charge in [-0.2, -0.15) is 0 Å². The first-order chi connectivity index (χ1) is 11.6. The van der Waals surface area contributed by atoms with Crippen molar-refractivity contribution in [2.75, 3.05) is 31.3 Å². The highest BCUT2D eigenvalue weighted by molar-refractivity contribution is 7.45. The molecule has 6 nitrogen and oxygen atoms in total. The lowest BCUT2D eigenvalue weighted by atomic mass is 9.94. The number of hydrogen-bond donors (Lipinski definition) is 2. The van der Waals surface area contributed by atoms with Gasteiger partial charge in [-0.15, -0.1) is 0 Å². The van der Waals surface area contributed by atoms with Gasteiger partial charge in [-0.25, -0.2) is 9.97 Å². The molecule has 0 bridgehead atoms. The number of rotatable bonds is 5. The average molecular weight is 370 g/mol.